The number of amides is 1. The van der Waals surface area contributed by atoms with E-state index >= 15 is 0 Å². The largest absolute Gasteiger partial charge is 0.395 e. The molecular formula is C18H18N4O2. The number of rotatable bonds is 6. The molecule has 2 aromatic heterocycles. The zero-order valence-corrected chi connectivity index (χ0v) is 13.1. The maximum Gasteiger partial charge on any atom is 0.272 e. The van der Waals surface area contributed by atoms with Crippen molar-refractivity contribution in [3.8, 4) is 5.69 Å². The third-order valence-electron chi connectivity index (χ3n) is 3.65. The Bertz CT molecular complexity index is 787. The second-order valence-electron chi connectivity index (χ2n) is 5.30. The number of pyridine rings is 1. The molecule has 1 N–H and O–H groups in total. The molecule has 24 heavy (non-hydrogen) atoms. The number of hydrogen-bond acceptors (Lipinski definition) is 4. The van der Waals surface area contributed by atoms with Gasteiger partial charge >= 0.3 is 0 Å². The molecule has 0 saturated heterocycles. The number of para-hydroxylation sites is 1. The number of carbonyl (C=O) groups excluding carboxylic acids is 1. The van der Waals surface area contributed by atoms with Crippen molar-refractivity contribution in [1.29, 1.82) is 0 Å². The molecule has 0 aliphatic carbocycles. The Hall–Kier alpha value is -2.99. The second-order valence-corrected chi connectivity index (χ2v) is 5.30. The van der Waals surface area contributed by atoms with Crippen LogP contribution in [0.2, 0.25) is 0 Å². The van der Waals surface area contributed by atoms with Crippen molar-refractivity contribution in [3.05, 3.63) is 78.6 Å². The molecule has 6 nitrogen and oxygen atoms in total. The molecule has 0 aliphatic rings. The number of carbonyl (C=O) groups is 1. The van der Waals surface area contributed by atoms with Gasteiger partial charge in [-0.05, 0) is 23.8 Å². The number of imidazole rings is 1. The molecule has 1 aromatic carbocycles. The topological polar surface area (TPSA) is 71.2 Å². The van der Waals surface area contributed by atoms with Gasteiger partial charge in [-0.1, -0.05) is 24.3 Å². The SMILES string of the molecule is O=C(c1cncn1-c1ccccc1)N(CCO)Cc1cccnc1. The lowest BCUT2D eigenvalue weighted by molar-refractivity contribution is 0.0699. The predicted octanol–water partition coefficient (Wildman–Crippen LogP) is 1.90. The molecule has 0 bridgehead atoms. The standard InChI is InChI=1S/C18H18N4O2/c23-10-9-21(13-15-5-4-8-19-11-15)18(24)17-12-20-14-22(17)16-6-2-1-3-7-16/h1-8,11-12,14,23H,9-10,13H2. The van der Waals surface area contributed by atoms with Crippen LogP contribution < -0.4 is 0 Å². The first-order valence-electron chi connectivity index (χ1n) is 7.66. The van der Waals surface area contributed by atoms with E-state index in [0.29, 0.717) is 12.2 Å². The van der Waals surface area contributed by atoms with Gasteiger partial charge in [-0.15, -0.1) is 0 Å². The normalized spacial score (nSPS) is 10.5. The highest BCUT2D eigenvalue weighted by atomic mass is 16.3. The Kier molecular flexibility index (Phi) is 4.98. The van der Waals surface area contributed by atoms with Crippen molar-refractivity contribution < 1.29 is 9.90 Å². The van der Waals surface area contributed by atoms with Crippen molar-refractivity contribution in [3.63, 3.8) is 0 Å². The van der Waals surface area contributed by atoms with Crippen molar-refractivity contribution in [1.82, 2.24) is 19.4 Å². The minimum absolute atomic E-state index is 0.106. The quantitative estimate of drug-likeness (QED) is 0.752. The number of nitrogens with zero attached hydrogens (tertiary/aromatic N) is 4. The van der Waals surface area contributed by atoms with E-state index in [2.05, 4.69) is 9.97 Å². The van der Waals surface area contributed by atoms with Crippen molar-refractivity contribution in [2.75, 3.05) is 13.2 Å². The van der Waals surface area contributed by atoms with Crippen LogP contribution in [-0.4, -0.2) is 43.6 Å². The average molecular weight is 322 g/mol. The molecule has 3 rings (SSSR count). The highest BCUT2D eigenvalue weighted by molar-refractivity contribution is 5.93. The van der Waals surface area contributed by atoms with Crippen molar-refractivity contribution in [2.24, 2.45) is 0 Å². The summed E-state index contributed by atoms with van der Waals surface area (Å²) in [6.45, 7) is 0.520. The first-order chi connectivity index (χ1) is 11.8. The summed E-state index contributed by atoms with van der Waals surface area (Å²) in [5.74, 6) is -0.186. The molecule has 6 heteroatoms. The molecule has 0 saturated carbocycles. The number of aliphatic hydroxyl groups excluding tert-OH is 1. The molecule has 0 aliphatic heterocycles. The summed E-state index contributed by atoms with van der Waals surface area (Å²) in [7, 11) is 0. The summed E-state index contributed by atoms with van der Waals surface area (Å²) in [6.07, 6.45) is 6.56. The van der Waals surface area contributed by atoms with Gasteiger partial charge in [0, 0.05) is 31.2 Å². The maximum atomic E-state index is 12.9. The Balaban J connectivity index is 1.87. The molecule has 2 heterocycles. The summed E-state index contributed by atoms with van der Waals surface area (Å²) in [5, 5.41) is 9.32. The van der Waals surface area contributed by atoms with Gasteiger partial charge in [0.2, 0.25) is 0 Å². The third kappa shape index (κ3) is 3.49. The fourth-order valence-electron chi connectivity index (χ4n) is 2.49. The van der Waals surface area contributed by atoms with E-state index in [0.717, 1.165) is 11.3 Å². The predicted molar refractivity (Wildman–Crippen MR) is 89.6 cm³/mol. The summed E-state index contributed by atoms with van der Waals surface area (Å²) < 4.78 is 1.75. The van der Waals surface area contributed by atoms with Gasteiger partial charge in [0.15, 0.2) is 0 Å². The fraction of sp³-hybridized carbons (Fsp3) is 0.167. The van der Waals surface area contributed by atoms with Gasteiger partial charge in [-0.2, -0.15) is 0 Å². The number of hydrogen-bond donors (Lipinski definition) is 1. The van der Waals surface area contributed by atoms with E-state index in [1.54, 1.807) is 34.4 Å². The van der Waals surface area contributed by atoms with E-state index < -0.39 is 0 Å². The van der Waals surface area contributed by atoms with E-state index in [1.165, 1.54) is 0 Å². The van der Waals surface area contributed by atoms with E-state index in [9.17, 15) is 9.90 Å². The van der Waals surface area contributed by atoms with Crippen molar-refractivity contribution >= 4 is 5.91 Å². The van der Waals surface area contributed by atoms with Crippen LogP contribution >= 0.6 is 0 Å². The summed E-state index contributed by atoms with van der Waals surface area (Å²) in [4.78, 5) is 22.7. The number of benzene rings is 1. The second kappa shape index (κ2) is 7.52. The molecule has 0 spiro atoms. The summed E-state index contributed by atoms with van der Waals surface area (Å²) >= 11 is 0. The lowest BCUT2D eigenvalue weighted by Gasteiger charge is -2.22. The fourth-order valence-corrected chi connectivity index (χ4v) is 2.49. The van der Waals surface area contributed by atoms with Gasteiger partial charge in [0.25, 0.3) is 5.91 Å². The molecule has 0 unspecified atom stereocenters. The van der Waals surface area contributed by atoms with Crippen LogP contribution in [0.5, 0.6) is 0 Å². The van der Waals surface area contributed by atoms with Crippen LogP contribution in [0.1, 0.15) is 16.1 Å². The van der Waals surface area contributed by atoms with Crippen LogP contribution in [0.4, 0.5) is 0 Å². The van der Waals surface area contributed by atoms with Crippen LogP contribution in [0, 0.1) is 0 Å². The molecule has 0 atom stereocenters. The third-order valence-corrected chi connectivity index (χ3v) is 3.65. The Morgan fingerprint density at radius 2 is 1.92 bits per heavy atom. The zero-order chi connectivity index (χ0) is 16.8. The highest BCUT2D eigenvalue weighted by Gasteiger charge is 2.20. The first kappa shape index (κ1) is 15.9. The molecule has 0 fully saturated rings. The molecule has 122 valence electrons. The summed E-state index contributed by atoms with van der Waals surface area (Å²) in [5.41, 5.74) is 2.23. The lowest BCUT2D eigenvalue weighted by Crippen LogP contribution is -2.34. The van der Waals surface area contributed by atoms with Crippen LogP contribution in [0.15, 0.2) is 67.4 Å². The maximum absolute atomic E-state index is 12.9. The van der Waals surface area contributed by atoms with Gasteiger partial charge in [0.1, 0.15) is 5.69 Å². The van der Waals surface area contributed by atoms with Gasteiger partial charge in [-0.25, -0.2) is 4.98 Å². The smallest absolute Gasteiger partial charge is 0.272 e. The minimum atomic E-state index is -0.186. The lowest BCUT2D eigenvalue weighted by atomic mass is 10.2. The minimum Gasteiger partial charge on any atom is -0.395 e. The van der Waals surface area contributed by atoms with Crippen molar-refractivity contribution in [2.45, 2.75) is 6.54 Å². The van der Waals surface area contributed by atoms with Crippen LogP contribution in [0.25, 0.3) is 5.69 Å². The van der Waals surface area contributed by atoms with Gasteiger partial charge < -0.3 is 10.0 Å². The Morgan fingerprint density at radius 1 is 1.08 bits per heavy atom. The molecular weight excluding hydrogens is 304 g/mol. The zero-order valence-electron chi connectivity index (χ0n) is 13.1. The number of aromatic nitrogens is 3. The van der Waals surface area contributed by atoms with Gasteiger partial charge in [-0.3, -0.25) is 14.3 Å². The first-order valence-corrected chi connectivity index (χ1v) is 7.66. The van der Waals surface area contributed by atoms with E-state index in [4.69, 9.17) is 0 Å². The molecule has 0 radical (unpaired) electrons. The summed E-state index contributed by atoms with van der Waals surface area (Å²) in [6, 6.07) is 13.3. The molecule has 3 aromatic rings. The highest BCUT2D eigenvalue weighted by Crippen LogP contribution is 2.14. The average Bonchev–Trinajstić information content (AvgIpc) is 3.12. The van der Waals surface area contributed by atoms with Crippen LogP contribution in [-0.2, 0) is 6.54 Å². The monoisotopic (exact) mass is 322 g/mol. The van der Waals surface area contributed by atoms with E-state index in [-0.39, 0.29) is 19.1 Å². The Labute approximate surface area is 140 Å². The Morgan fingerprint density at radius 3 is 2.62 bits per heavy atom. The van der Waals surface area contributed by atoms with Crippen LogP contribution in [0.3, 0.4) is 0 Å². The van der Waals surface area contributed by atoms with E-state index in [1.807, 2.05) is 42.5 Å². The molecule has 1 amide bonds. The van der Waals surface area contributed by atoms with Gasteiger partial charge in [0.05, 0.1) is 19.1 Å². The number of aliphatic hydroxyl groups is 1.